The summed E-state index contributed by atoms with van der Waals surface area (Å²) in [5, 5.41) is 16.2. The van der Waals surface area contributed by atoms with Crippen LogP contribution in [-0.2, 0) is 9.59 Å². The number of carbonyl (C=O) groups is 2. The first-order chi connectivity index (χ1) is 13.0. The number of rotatable bonds is 4. The van der Waals surface area contributed by atoms with Crippen LogP contribution in [0.25, 0.3) is 0 Å². The molecule has 0 unspecified atom stereocenters. The van der Waals surface area contributed by atoms with Gasteiger partial charge in [-0.25, -0.2) is 0 Å². The quantitative estimate of drug-likeness (QED) is 0.266. The van der Waals surface area contributed by atoms with E-state index in [-0.39, 0.29) is 46.9 Å². The first-order valence-electron chi connectivity index (χ1n) is 8.94. The Labute approximate surface area is 154 Å². The van der Waals surface area contributed by atoms with Gasteiger partial charge in [-0.2, -0.15) is 10.1 Å². The lowest BCUT2D eigenvalue weighted by molar-refractivity contribution is -0.385. The molecule has 0 aromatic heterocycles. The second-order valence-corrected chi connectivity index (χ2v) is 7.58. The molecular weight excluding hydrogens is 350 g/mol. The number of amides is 2. The van der Waals surface area contributed by atoms with Crippen molar-refractivity contribution in [3.8, 4) is 5.75 Å². The van der Waals surface area contributed by atoms with Crippen LogP contribution in [-0.4, -0.2) is 35.1 Å². The van der Waals surface area contributed by atoms with Gasteiger partial charge in [-0.1, -0.05) is 12.2 Å². The zero-order chi connectivity index (χ0) is 18.9. The largest absolute Gasteiger partial charge is 0.490 e. The molecule has 8 heteroatoms. The first-order valence-corrected chi connectivity index (χ1v) is 8.94. The summed E-state index contributed by atoms with van der Waals surface area (Å²) in [7, 11) is 1.35. The summed E-state index contributed by atoms with van der Waals surface area (Å²) in [5.74, 6) is 0.364. The second-order valence-electron chi connectivity index (χ2n) is 7.58. The molecule has 1 saturated heterocycles. The molecule has 0 N–H and O–H groups in total. The lowest BCUT2D eigenvalue weighted by Gasteiger charge is -2.37. The molecule has 0 radical (unpaired) electrons. The molecule has 2 saturated carbocycles. The zero-order valence-corrected chi connectivity index (χ0v) is 14.5. The number of nitro groups is 1. The van der Waals surface area contributed by atoms with Crippen molar-refractivity contribution in [2.75, 3.05) is 7.11 Å². The zero-order valence-electron chi connectivity index (χ0n) is 14.5. The highest BCUT2D eigenvalue weighted by Gasteiger charge is 2.67. The molecule has 6 atom stereocenters. The lowest BCUT2D eigenvalue weighted by Crippen LogP contribution is -2.40. The van der Waals surface area contributed by atoms with Crippen molar-refractivity contribution < 1.29 is 19.2 Å². The van der Waals surface area contributed by atoms with Gasteiger partial charge in [0.05, 0.1) is 30.1 Å². The minimum absolute atomic E-state index is 0.137. The standard InChI is InChI=1S/C19H17N3O5/c1-27-15-5-2-9(6-14(15)22(25)26)8-20-21-18(23)16-10-3-4-11(13-7-12(10)13)17(16)19(21)24/h2-6,8,10-13,16-17H,7H2,1H3/b20-8-/t10-,11-,12-,13+,16+,17-/m1/s1. The third-order valence-corrected chi connectivity index (χ3v) is 6.36. The smallest absolute Gasteiger partial charge is 0.311 e. The van der Waals surface area contributed by atoms with E-state index in [1.165, 1.54) is 25.5 Å². The number of imide groups is 1. The number of hydrazone groups is 1. The third kappa shape index (κ3) is 2.19. The van der Waals surface area contributed by atoms with Crippen LogP contribution in [0.5, 0.6) is 5.75 Å². The number of nitro benzene ring substituents is 1. The van der Waals surface area contributed by atoms with Crippen LogP contribution in [0.1, 0.15) is 12.0 Å². The van der Waals surface area contributed by atoms with E-state index in [0.29, 0.717) is 17.4 Å². The summed E-state index contributed by atoms with van der Waals surface area (Å²) in [5.41, 5.74) is 0.221. The summed E-state index contributed by atoms with van der Waals surface area (Å²) in [6, 6.07) is 4.36. The van der Waals surface area contributed by atoms with Crippen LogP contribution < -0.4 is 4.74 Å². The maximum atomic E-state index is 12.8. The highest BCUT2D eigenvalue weighted by Crippen LogP contribution is 2.65. The number of ether oxygens (including phenoxy) is 1. The monoisotopic (exact) mass is 367 g/mol. The number of methoxy groups -OCH3 is 1. The van der Waals surface area contributed by atoms with E-state index >= 15 is 0 Å². The second kappa shape index (κ2) is 5.48. The summed E-state index contributed by atoms with van der Waals surface area (Å²) in [6.07, 6.45) is 6.63. The molecule has 1 aromatic carbocycles. The Hall–Kier alpha value is -3.03. The number of allylic oxidation sites excluding steroid dienone is 2. The topological polar surface area (TPSA) is 102 Å². The molecule has 0 spiro atoms. The van der Waals surface area contributed by atoms with Gasteiger partial charge < -0.3 is 4.74 Å². The molecule has 3 fully saturated rings. The molecule has 5 aliphatic rings. The predicted molar refractivity (Wildman–Crippen MR) is 93.8 cm³/mol. The van der Waals surface area contributed by atoms with E-state index in [0.717, 1.165) is 11.4 Å². The molecule has 6 rings (SSSR count). The van der Waals surface area contributed by atoms with Crippen molar-refractivity contribution >= 4 is 23.7 Å². The summed E-state index contributed by atoms with van der Waals surface area (Å²) in [6.45, 7) is 0. The molecule has 1 heterocycles. The number of benzene rings is 1. The third-order valence-electron chi connectivity index (χ3n) is 6.36. The van der Waals surface area contributed by atoms with Crippen molar-refractivity contribution in [1.82, 2.24) is 5.01 Å². The Morgan fingerprint density at radius 2 is 1.81 bits per heavy atom. The Balaban J connectivity index is 1.42. The molecule has 8 nitrogen and oxygen atoms in total. The molecular formula is C19H17N3O5. The lowest BCUT2D eigenvalue weighted by atomic mass is 9.63. The van der Waals surface area contributed by atoms with Crippen LogP contribution >= 0.6 is 0 Å². The molecule has 138 valence electrons. The van der Waals surface area contributed by atoms with Crippen molar-refractivity contribution in [1.29, 1.82) is 0 Å². The fraction of sp³-hybridized carbons (Fsp3) is 0.421. The van der Waals surface area contributed by atoms with Gasteiger partial charge >= 0.3 is 5.69 Å². The van der Waals surface area contributed by atoms with E-state index < -0.39 is 4.92 Å². The van der Waals surface area contributed by atoms with E-state index in [4.69, 9.17) is 4.74 Å². The van der Waals surface area contributed by atoms with Crippen LogP contribution in [0.3, 0.4) is 0 Å². The van der Waals surface area contributed by atoms with Crippen LogP contribution in [0.4, 0.5) is 5.69 Å². The predicted octanol–water partition coefficient (Wildman–Crippen LogP) is 1.99. The molecule has 2 amide bonds. The van der Waals surface area contributed by atoms with E-state index in [1.54, 1.807) is 6.07 Å². The molecule has 1 aromatic rings. The molecule has 4 aliphatic carbocycles. The SMILES string of the molecule is COc1ccc(/C=N\N2C(=O)[C@@H]3[C@@H]4C=C[C@H]([C@H]5C[C@@H]45)[C@@H]3C2=O)cc1[N+](=O)[O-]. The van der Waals surface area contributed by atoms with Gasteiger partial charge in [-0.15, -0.1) is 0 Å². The number of carbonyl (C=O) groups excluding carboxylic acids is 2. The molecule has 1 aliphatic heterocycles. The van der Waals surface area contributed by atoms with Gasteiger partial charge in [0, 0.05) is 11.6 Å². The van der Waals surface area contributed by atoms with Crippen LogP contribution in [0.15, 0.2) is 35.5 Å². The van der Waals surface area contributed by atoms with Gasteiger partial charge in [0.25, 0.3) is 11.8 Å². The van der Waals surface area contributed by atoms with Crippen LogP contribution in [0, 0.1) is 45.6 Å². The average molecular weight is 367 g/mol. The average Bonchev–Trinajstić information content (AvgIpc) is 3.45. The fourth-order valence-corrected chi connectivity index (χ4v) is 5.11. The van der Waals surface area contributed by atoms with Crippen molar-refractivity contribution in [3.05, 3.63) is 46.0 Å². The van der Waals surface area contributed by atoms with Gasteiger partial charge in [0.15, 0.2) is 5.75 Å². The van der Waals surface area contributed by atoms with E-state index in [2.05, 4.69) is 17.3 Å². The summed E-state index contributed by atoms with van der Waals surface area (Å²) >= 11 is 0. The normalized spacial score (nSPS) is 35.5. The van der Waals surface area contributed by atoms with E-state index in [1.807, 2.05) is 0 Å². The van der Waals surface area contributed by atoms with Crippen molar-refractivity contribution in [3.63, 3.8) is 0 Å². The number of hydrogen-bond acceptors (Lipinski definition) is 6. The van der Waals surface area contributed by atoms with Crippen LogP contribution in [0.2, 0.25) is 0 Å². The van der Waals surface area contributed by atoms with Gasteiger partial charge in [0.2, 0.25) is 0 Å². The van der Waals surface area contributed by atoms with Crippen molar-refractivity contribution in [2.45, 2.75) is 6.42 Å². The maximum absolute atomic E-state index is 12.8. The van der Waals surface area contributed by atoms with Crippen molar-refractivity contribution in [2.24, 2.45) is 40.6 Å². The fourth-order valence-electron chi connectivity index (χ4n) is 5.11. The van der Waals surface area contributed by atoms with Gasteiger partial charge in [-0.3, -0.25) is 19.7 Å². The number of nitrogens with zero attached hydrogens (tertiary/aromatic N) is 3. The Morgan fingerprint density at radius 1 is 1.19 bits per heavy atom. The van der Waals surface area contributed by atoms with E-state index in [9.17, 15) is 19.7 Å². The van der Waals surface area contributed by atoms with Gasteiger partial charge in [-0.05, 0) is 42.2 Å². The molecule has 2 bridgehead atoms. The minimum atomic E-state index is -0.549. The Morgan fingerprint density at radius 3 is 2.37 bits per heavy atom. The first kappa shape index (κ1) is 16.2. The van der Waals surface area contributed by atoms with Gasteiger partial charge in [0.1, 0.15) is 0 Å². The summed E-state index contributed by atoms with van der Waals surface area (Å²) in [4.78, 5) is 36.2. The Bertz CT molecular complexity index is 903. The highest BCUT2D eigenvalue weighted by atomic mass is 16.6. The molecule has 27 heavy (non-hydrogen) atoms. The summed E-state index contributed by atoms with van der Waals surface area (Å²) < 4.78 is 4.97. The minimum Gasteiger partial charge on any atom is -0.490 e. The Kier molecular flexibility index (Phi) is 3.28. The number of hydrogen-bond donors (Lipinski definition) is 0. The maximum Gasteiger partial charge on any atom is 0.311 e. The highest BCUT2D eigenvalue weighted by molar-refractivity contribution is 6.06.